The molecule has 2 fully saturated rings. The number of primary amides is 1. The summed E-state index contributed by atoms with van der Waals surface area (Å²) >= 11 is 0. The molecule has 2 heterocycles. The van der Waals surface area contributed by atoms with Crippen LogP contribution in [-0.2, 0) is 0 Å². The molecule has 1 atom stereocenters. The zero-order chi connectivity index (χ0) is 14.3. The van der Waals surface area contributed by atoms with Crippen LogP contribution >= 0.6 is 0 Å². The molecule has 1 aromatic carbocycles. The molecule has 5 N–H and O–H groups in total. The number of carbonyl (C=O) groups excluding carboxylic acids is 2. The van der Waals surface area contributed by atoms with Crippen molar-refractivity contribution in [3.63, 3.8) is 0 Å². The summed E-state index contributed by atoms with van der Waals surface area (Å²) in [5, 5.41) is 2.83. The summed E-state index contributed by atoms with van der Waals surface area (Å²) in [6.45, 7) is 2.63. The van der Waals surface area contributed by atoms with Crippen molar-refractivity contribution in [2.24, 2.45) is 5.73 Å². The molecule has 3 amide bonds. The third-order valence-corrected chi connectivity index (χ3v) is 3.86. The van der Waals surface area contributed by atoms with Crippen molar-refractivity contribution in [2.75, 3.05) is 36.8 Å². The lowest BCUT2D eigenvalue weighted by Gasteiger charge is -2.38. The smallest absolute Gasteiger partial charge is 0.317 e. The van der Waals surface area contributed by atoms with Crippen molar-refractivity contribution in [3.8, 4) is 0 Å². The molecule has 1 unspecified atom stereocenters. The number of nitrogen functional groups attached to an aromatic ring is 1. The van der Waals surface area contributed by atoms with Crippen LogP contribution in [-0.4, -0.2) is 49.1 Å². The number of amides is 3. The van der Waals surface area contributed by atoms with E-state index in [0.29, 0.717) is 37.4 Å². The number of nitrogens with one attached hydrogen (secondary N) is 1. The first kappa shape index (κ1) is 12.6. The highest BCUT2D eigenvalue weighted by Crippen LogP contribution is 2.26. The second-order valence-corrected chi connectivity index (χ2v) is 5.12. The highest BCUT2D eigenvalue weighted by molar-refractivity contribution is 5.99. The standard InChI is InChI=1S/C13H17N5O2/c14-8-1-2-11(10(5-8)12(15)19)17-3-4-18-9(7-17)6-16-13(18)20/h1-2,5,9H,3-4,6-7,14H2,(H2,15,19)(H,16,20). The molecule has 0 saturated carbocycles. The van der Waals surface area contributed by atoms with Crippen LogP contribution in [0.1, 0.15) is 10.4 Å². The zero-order valence-corrected chi connectivity index (χ0v) is 11.0. The molecule has 0 spiro atoms. The van der Waals surface area contributed by atoms with Gasteiger partial charge in [0.2, 0.25) is 0 Å². The summed E-state index contributed by atoms with van der Waals surface area (Å²) in [4.78, 5) is 27.1. The van der Waals surface area contributed by atoms with Crippen LogP contribution < -0.4 is 21.7 Å². The van der Waals surface area contributed by atoms with Crippen molar-refractivity contribution in [3.05, 3.63) is 23.8 Å². The number of hydrogen-bond donors (Lipinski definition) is 3. The van der Waals surface area contributed by atoms with E-state index >= 15 is 0 Å². The van der Waals surface area contributed by atoms with Gasteiger partial charge in [-0.25, -0.2) is 4.79 Å². The maximum Gasteiger partial charge on any atom is 0.317 e. The van der Waals surface area contributed by atoms with Crippen molar-refractivity contribution >= 4 is 23.3 Å². The average molecular weight is 275 g/mol. The van der Waals surface area contributed by atoms with Gasteiger partial charge in [0.25, 0.3) is 5.91 Å². The number of benzene rings is 1. The number of carbonyl (C=O) groups is 2. The van der Waals surface area contributed by atoms with E-state index in [1.54, 1.807) is 12.1 Å². The quantitative estimate of drug-likeness (QED) is 0.638. The molecular weight excluding hydrogens is 258 g/mol. The van der Waals surface area contributed by atoms with E-state index in [4.69, 9.17) is 11.5 Å². The Morgan fingerprint density at radius 2 is 2.15 bits per heavy atom. The predicted octanol–water partition coefficient (Wildman–Crippen LogP) is -0.419. The van der Waals surface area contributed by atoms with Gasteiger partial charge in [-0.1, -0.05) is 0 Å². The number of rotatable bonds is 2. The molecule has 2 saturated heterocycles. The van der Waals surface area contributed by atoms with E-state index in [0.717, 1.165) is 5.69 Å². The first-order valence-electron chi connectivity index (χ1n) is 6.55. The number of piperazine rings is 1. The number of anilines is 2. The van der Waals surface area contributed by atoms with E-state index in [-0.39, 0.29) is 12.1 Å². The van der Waals surface area contributed by atoms with Gasteiger partial charge in [-0.3, -0.25) is 4.79 Å². The van der Waals surface area contributed by atoms with E-state index in [1.165, 1.54) is 0 Å². The second-order valence-electron chi connectivity index (χ2n) is 5.12. The number of hydrogen-bond acceptors (Lipinski definition) is 4. The summed E-state index contributed by atoms with van der Waals surface area (Å²) in [6, 6.07) is 5.29. The normalized spacial score (nSPS) is 21.6. The van der Waals surface area contributed by atoms with Crippen LogP contribution in [0.25, 0.3) is 0 Å². The SMILES string of the molecule is NC(=O)c1cc(N)ccc1N1CCN2C(=O)NCC2C1. The summed E-state index contributed by atoms with van der Waals surface area (Å²) in [6.07, 6.45) is 0. The van der Waals surface area contributed by atoms with Crippen LogP contribution in [0.2, 0.25) is 0 Å². The third-order valence-electron chi connectivity index (χ3n) is 3.86. The molecule has 7 nitrogen and oxygen atoms in total. The van der Waals surface area contributed by atoms with Crippen molar-refractivity contribution in [2.45, 2.75) is 6.04 Å². The zero-order valence-electron chi connectivity index (χ0n) is 11.0. The van der Waals surface area contributed by atoms with E-state index in [1.807, 2.05) is 11.0 Å². The number of urea groups is 1. The summed E-state index contributed by atoms with van der Waals surface area (Å²) in [5.74, 6) is -0.490. The van der Waals surface area contributed by atoms with Gasteiger partial charge in [-0.15, -0.1) is 0 Å². The maximum atomic E-state index is 11.6. The molecule has 7 heteroatoms. The van der Waals surface area contributed by atoms with Gasteiger partial charge in [0.1, 0.15) is 0 Å². The summed E-state index contributed by atoms with van der Waals surface area (Å²) in [5.41, 5.74) is 12.9. The monoisotopic (exact) mass is 275 g/mol. The van der Waals surface area contributed by atoms with Gasteiger partial charge in [-0.05, 0) is 18.2 Å². The first-order valence-corrected chi connectivity index (χ1v) is 6.55. The maximum absolute atomic E-state index is 11.6. The fourth-order valence-corrected chi connectivity index (χ4v) is 2.85. The van der Waals surface area contributed by atoms with Crippen LogP contribution in [0.3, 0.4) is 0 Å². The Balaban J connectivity index is 1.87. The predicted molar refractivity (Wildman–Crippen MR) is 75.5 cm³/mol. The van der Waals surface area contributed by atoms with E-state index < -0.39 is 5.91 Å². The van der Waals surface area contributed by atoms with E-state index in [9.17, 15) is 9.59 Å². The molecule has 2 aliphatic heterocycles. The minimum atomic E-state index is -0.490. The van der Waals surface area contributed by atoms with Crippen molar-refractivity contribution in [1.82, 2.24) is 10.2 Å². The van der Waals surface area contributed by atoms with Gasteiger partial charge in [0, 0.05) is 37.6 Å². The molecular formula is C13H17N5O2. The van der Waals surface area contributed by atoms with Gasteiger partial charge < -0.3 is 26.6 Å². The number of nitrogens with two attached hydrogens (primary N) is 2. The van der Waals surface area contributed by atoms with Crippen LogP contribution in [0.15, 0.2) is 18.2 Å². The third kappa shape index (κ3) is 2.01. The number of nitrogens with zero attached hydrogens (tertiary/aromatic N) is 2. The Morgan fingerprint density at radius 3 is 2.90 bits per heavy atom. The largest absolute Gasteiger partial charge is 0.399 e. The topological polar surface area (TPSA) is 105 Å². The lowest BCUT2D eigenvalue weighted by atomic mass is 10.1. The fraction of sp³-hybridized carbons (Fsp3) is 0.385. The molecule has 1 aromatic rings. The second kappa shape index (κ2) is 4.59. The highest BCUT2D eigenvalue weighted by atomic mass is 16.2. The lowest BCUT2D eigenvalue weighted by molar-refractivity contribution is 0.100. The molecule has 2 aliphatic rings. The molecule has 0 radical (unpaired) electrons. The molecule has 106 valence electrons. The van der Waals surface area contributed by atoms with Gasteiger partial charge >= 0.3 is 6.03 Å². The Kier molecular flexibility index (Phi) is 2.89. The Morgan fingerprint density at radius 1 is 1.35 bits per heavy atom. The minimum Gasteiger partial charge on any atom is -0.399 e. The van der Waals surface area contributed by atoms with Crippen molar-refractivity contribution < 1.29 is 9.59 Å². The fourth-order valence-electron chi connectivity index (χ4n) is 2.85. The molecule has 20 heavy (non-hydrogen) atoms. The molecule has 0 bridgehead atoms. The van der Waals surface area contributed by atoms with Crippen LogP contribution in [0.5, 0.6) is 0 Å². The van der Waals surface area contributed by atoms with Crippen molar-refractivity contribution in [1.29, 1.82) is 0 Å². The average Bonchev–Trinajstić information content (AvgIpc) is 2.80. The summed E-state index contributed by atoms with van der Waals surface area (Å²) in [7, 11) is 0. The molecule has 0 aromatic heterocycles. The Bertz CT molecular complexity index is 574. The Labute approximate surface area is 116 Å². The van der Waals surface area contributed by atoms with E-state index in [2.05, 4.69) is 10.2 Å². The minimum absolute atomic E-state index is 0.0120. The first-order chi connectivity index (χ1) is 9.56. The van der Waals surface area contributed by atoms with Gasteiger partial charge in [0.05, 0.1) is 11.6 Å². The van der Waals surface area contributed by atoms with Gasteiger partial charge in [0.15, 0.2) is 0 Å². The molecule has 0 aliphatic carbocycles. The highest BCUT2D eigenvalue weighted by Gasteiger charge is 2.36. The molecule has 3 rings (SSSR count). The van der Waals surface area contributed by atoms with Crippen LogP contribution in [0, 0.1) is 0 Å². The lowest BCUT2D eigenvalue weighted by Crippen LogP contribution is -2.52. The van der Waals surface area contributed by atoms with Crippen LogP contribution in [0.4, 0.5) is 16.2 Å². The Hall–Kier alpha value is -2.44. The summed E-state index contributed by atoms with van der Waals surface area (Å²) < 4.78 is 0. The number of fused-ring (bicyclic) bond motifs is 1. The van der Waals surface area contributed by atoms with Gasteiger partial charge in [-0.2, -0.15) is 0 Å².